The lowest BCUT2D eigenvalue weighted by Crippen LogP contribution is -2.49. The molecular formula is C26H28Cl2N2O6. The van der Waals surface area contributed by atoms with Crippen LogP contribution in [-0.2, 0) is 20.8 Å². The minimum atomic E-state index is -1.20. The van der Waals surface area contributed by atoms with Gasteiger partial charge in [0.25, 0.3) is 5.91 Å². The number of carboxylic acid groups (broad SMARTS) is 2. The fraction of sp³-hybridized carbons (Fsp3) is 0.385. The molecule has 0 aromatic heterocycles. The lowest BCUT2D eigenvalue weighted by molar-refractivity contribution is -0.155. The lowest BCUT2D eigenvalue weighted by atomic mass is 9.65. The largest absolute Gasteiger partial charge is 0.481 e. The Kier molecular flexibility index (Phi) is 8.00. The Hall–Kier alpha value is -3.10. The predicted octanol–water partition coefficient (Wildman–Crippen LogP) is 4.88. The summed E-state index contributed by atoms with van der Waals surface area (Å²) in [5.41, 5.74) is -0.709. The van der Waals surface area contributed by atoms with Crippen molar-refractivity contribution in [1.82, 2.24) is 5.32 Å². The summed E-state index contributed by atoms with van der Waals surface area (Å²) in [6.07, 6.45) is 0.699. The molecule has 8 nitrogen and oxygen atoms in total. The molecule has 0 saturated heterocycles. The topological polar surface area (TPSA) is 133 Å². The third-order valence-corrected chi connectivity index (χ3v) is 8.10. The molecule has 10 heteroatoms. The van der Waals surface area contributed by atoms with E-state index in [-0.39, 0.29) is 22.0 Å². The fourth-order valence-corrected chi connectivity index (χ4v) is 5.25. The molecule has 0 spiro atoms. The van der Waals surface area contributed by atoms with Crippen molar-refractivity contribution in [2.24, 2.45) is 16.7 Å². The van der Waals surface area contributed by atoms with Gasteiger partial charge in [-0.25, -0.2) is 4.79 Å². The first kappa shape index (κ1) is 27.5. The number of hydrogen-bond acceptors (Lipinski definition) is 4. The molecule has 1 aliphatic carbocycles. The zero-order valence-electron chi connectivity index (χ0n) is 20.1. The number of carboxylic acids is 2. The monoisotopic (exact) mass is 534 g/mol. The summed E-state index contributed by atoms with van der Waals surface area (Å²) in [6.45, 7) is 5.09. The number of benzene rings is 2. The van der Waals surface area contributed by atoms with Gasteiger partial charge in [-0.1, -0.05) is 55.2 Å². The van der Waals surface area contributed by atoms with Gasteiger partial charge in [0.05, 0.1) is 21.0 Å². The van der Waals surface area contributed by atoms with Crippen molar-refractivity contribution in [3.8, 4) is 0 Å². The average Bonchev–Trinajstić information content (AvgIpc) is 3.04. The molecule has 192 valence electrons. The molecule has 0 heterocycles. The predicted molar refractivity (Wildman–Crippen MR) is 136 cm³/mol. The number of aliphatic carboxylic acids is 2. The maximum absolute atomic E-state index is 13.0. The third kappa shape index (κ3) is 5.34. The summed E-state index contributed by atoms with van der Waals surface area (Å²) in [5.74, 6) is -3.76. The van der Waals surface area contributed by atoms with Gasteiger partial charge < -0.3 is 20.8 Å². The van der Waals surface area contributed by atoms with Crippen LogP contribution < -0.4 is 10.6 Å². The minimum absolute atomic E-state index is 0.00892. The highest BCUT2D eigenvalue weighted by molar-refractivity contribution is 6.40. The molecule has 0 unspecified atom stereocenters. The van der Waals surface area contributed by atoms with E-state index in [1.165, 1.54) is 0 Å². The first-order valence-corrected chi connectivity index (χ1v) is 12.1. The summed E-state index contributed by atoms with van der Waals surface area (Å²) in [4.78, 5) is 49.3. The van der Waals surface area contributed by atoms with Crippen LogP contribution in [0.4, 0.5) is 5.69 Å². The highest BCUT2D eigenvalue weighted by Gasteiger charge is 2.58. The molecule has 1 fully saturated rings. The molecule has 1 saturated carbocycles. The number of nitrogens with one attached hydrogen (secondary N) is 2. The number of hydrogen-bond donors (Lipinski definition) is 4. The molecule has 2 aromatic carbocycles. The molecular weight excluding hydrogens is 507 g/mol. The number of carbonyl (C=O) groups is 4. The van der Waals surface area contributed by atoms with Gasteiger partial charge in [0, 0.05) is 18.0 Å². The van der Waals surface area contributed by atoms with Gasteiger partial charge in [0.2, 0.25) is 5.91 Å². The highest BCUT2D eigenvalue weighted by atomic mass is 35.5. The van der Waals surface area contributed by atoms with Crippen molar-refractivity contribution < 1.29 is 29.4 Å². The van der Waals surface area contributed by atoms with Gasteiger partial charge in [0.15, 0.2) is 0 Å². The molecule has 0 aliphatic heterocycles. The third-order valence-electron chi connectivity index (χ3n) is 7.47. The number of rotatable bonds is 8. The molecule has 36 heavy (non-hydrogen) atoms. The maximum atomic E-state index is 13.0. The highest BCUT2D eigenvalue weighted by Crippen LogP contribution is 2.56. The molecule has 3 rings (SSSR count). The zero-order chi connectivity index (χ0) is 26.8. The average molecular weight is 535 g/mol. The minimum Gasteiger partial charge on any atom is -0.481 e. The quantitative estimate of drug-likeness (QED) is 0.381. The Morgan fingerprint density at radius 1 is 1.00 bits per heavy atom. The number of amides is 2. The van der Waals surface area contributed by atoms with Crippen LogP contribution in [0, 0.1) is 16.7 Å². The van der Waals surface area contributed by atoms with E-state index < -0.39 is 46.5 Å². The van der Waals surface area contributed by atoms with Crippen LogP contribution >= 0.6 is 23.2 Å². The van der Waals surface area contributed by atoms with E-state index >= 15 is 0 Å². The molecule has 0 bridgehead atoms. The van der Waals surface area contributed by atoms with E-state index in [0.29, 0.717) is 24.1 Å². The Bertz CT molecular complexity index is 1180. The van der Waals surface area contributed by atoms with Gasteiger partial charge in [-0.2, -0.15) is 0 Å². The maximum Gasteiger partial charge on any atom is 0.326 e. The van der Waals surface area contributed by atoms with Gasteiger partial charge >= 0.3 is 11.9 Å². The van der Waals surface area contributed by atoms with E-state index in [2.05, 4.69) is 10.6 Å². The van der Waals surface area contributed by atoms with E-state index in [9.17, 15) is 29.4 Å². The van der Waals surface area contributed by atoms with E-state index in [1.807, 2.05) is 0 Å². The summed E-state index contributed by atoms with van der Waals surface area (Å²) in [6, 6.07) is 10.1. The fourth-order valence-electron chi connectivity index (χ4n) is 4.68. The second kappa shape index (κ2) is 10.5. The van der Waals surface area contributed by atoms with E-state index in [4.69, 9.17) is 23.2 Å². The summed E-state index contributed by atoms with van der Waals surface area (Å²) < 4.78 is 0. The lowest BCUT2D eigenvalue weighted by Gasteiger charge is -2.38. The van der Waals surface area contributed by atoms with Crippen LogP contribution in [0.2, 0.25) is 10.0 Å². The van der Waals surface area contributed by atoms with Crippen LogP contribution in [0.25, 0.3) is 0 Å². The molecule has 4 N–H and O–H groups in total. The van der Waals surface area contributed by atoms with Gasteiger partial charge in [0.1, 0.15) is 6.04 Å². The summed E-state index contributed by atoms with van der Waals surface area (Å²) in [7, 11) is 0. The normalized spacial score (nSPS) is 21.4. The van der Waals surface area contributed by atoms with Crippen molar-refractivity contribution in [1.29, 1.82) is 0 Å². The molecule has 3 atom stereocenters. The van der Waals surface area contributed by atoms with E-state index in [1.54, 1.807) is 63.2 Å². The molecule has 0 radical (unpaired) electrons. The molecule has 2 aromatic rings. The van der Waals surface area contributed by atoms with Crippen molar-refractivity contribution >= 4 is 52.6 Å². The van der Waals surface area contributed by atoms with Gasteiger partial charge in [-0.05, 0) is 55.0 Å². The van der Waals surface area contributed by atoms with Crippen LogP contribution in [-0.4, -0.2) is 40.0 Å². The van der Waals surface area contributed by atoms with Gasteiger partial charge in [-0.15, -0.1) is 0 Å². The first-order chi connectivity index (χ1) is 16.8. The van der Waals surface area contributed by atoms with Crippen molar-refractivity contribution in [3.05, 3.63) is 63.6 Å². The van der Waals surface area contributed by atoms with Crippen LogP contribution in [0.1, 0.15) is 49.5 Å². The number of anilines is 1. The summed E-state index contributed by atoms with van der Waals surface area (Å²) in [5, 5.41) is 25.1. The standard InChI is InChI=1S/C26H28Cl2N2O6/c1-25(2)16(11-12-26(25,3)24(35)36)21(31)30-19(23(33)34)13-14-7-9-15(10-8-14)29-22(32)20-17(27)5-4-6-18(20)28/h4-10,16,19H,11-13H2,1-3H3,(H,29,32)(H,30,31)(H,33,34)(H,35,36)/t16-,19-,26+/m0/s1. The van der Waals surface area contributed by atoms with Gasteiger partial charge in [-0.3, -0.25) is 14.4 Å². The molecule has 2 amide bonds. The smallest absolute Gasteiger partial charge is 0.326 e. The summed E-state index contributed by atoms with van der Waals surface area (Å²) >= 11 is 12.2. The number of halogens is 2. The Balaban J connectivity index is 1.68. The van der Waals surface area contributed by atoms with Crippen molar-refractivity contribution in [3.63, 3.8) is 0 Å². The Morgan fingerprint density at radius 3 is 2.08 bits per heavy atom. The van der Waals surface area contributed by atoms with Crippen LogP contribution in [0.3, 0.4) is 0 Å². The first-order valence-electron chi connectivity index (χ1n) is 11.4. The molecule has 1 aliphatic rings. The van der Waals surface area contributed by atoms with Crippen molar-refractivity contribution in [2.75, 3.05) is 5.32 Å². The Labute approximate surface area is 219 Å². The SMILES string of the molecule is CC1(C)[C@H](C(=O)N[C@@H](Cc2ccc(NC(=O)c3c(Cl)cccc3Cl)cc2)C(=O)O)CC[C@]1(C)C(=O)O. The Morgan fingerprint density at radius 2 is 1.58 bits per heavy atom. The van der Waals surface area contributed by atoms with E-state index in [0.717, 1.165) is 0 Å². The second-order valence-corrected chi connectivity index (χ2v) is 10.6. The van der Waals surface area contributed by atoms with Crippen molar-refractivity contribution in [2.45, 2.75) is 46.1 Å². The second-order valence-electron chi connectivity index (χ2n) is 9.80. The number of carbonyl (C=O) groups excluding carboxylic acids is 2. The van der Waals surface area contributed by atoms with Crippen LogP contribution in [0.15, 0.2) is 42.5 Å². The zero-order valence-corrected chi connectivity index (χ0v) is 21.6. The van der Waals surface area contributed by atoms with Crippen LogP contribution in [0.5, 0.6) is 0 Å².